The Bertz CT molecular complexity index is 670. The van der Waals surface area contributed by atoms with Crippen LogP contribution in [0.1, 0.15) is 38.1 Å². The monoisotopic (exact) mass is 333 g/mol. The molecule has 0 amide bonds. The van der Waals surface area contributed by atoms with Crippen molar-refractivity contribution in [3.8, 4) is 5.69 Å². The van der Waals surface area contributed by atoms with E-state index in [1.165, 1.54) is 17.3 Å². The number of hydrogen-bond donors (Lipinski definition) is 0. The Kier molecular flexibility index (Phi) is 6.21. The lowest BCUT2D eigenvalue weighted by Crippen LogP contribution is -2.20. The van der Waals surface area contributed by atoms with E-state index in [2.05, 4.69) is 36.2 Å². The largest absolute Gasteiger partial charge is 0.465 e. The van der Waals surface area contributed by atoms with E-state index in [1.54, 1.807) is 0 Å². The summed E-state index contributed by atoms with van der Waals surface area (Å²) in [6.45, 7) is 8.24. The number of thioether (sulfide) groups is 1. The molecule has 1 aromatic heterocycles. The number of esters is 1. The number of rotatable bonds is 7. The van der Waals surface area contributed by atoms with Crippen LogP contribution in [0.15, 0.2) is 29.4 Å². The van der Waals surface area contributed by atoms with Crippen molar-refractivity contribution in [2.24, 2.45) is 0 Å². The van der Waals surface area contributed by atoms with Crippen LogP contribution in [0, 0.1) is 13.8 Å². The van der Waals surface area contributed by atoms with Gasteiger partial charge in [0.25, 0.3) is 0 Å². The highest BCUT2D eigenvalue weighted by molar-refractivity contribution is 8.00. The lowest BCUT2D eigenvalue weighted by Gasteiger charge is -2.15. The van der Waals surface area contributed by atoms with Crippen LogP contribution in [0.2, 0.25) is 0 Å². The van der Waals surface area contributed by atoms with Gasteiger partial charge in [0.05, 0.1) is 6.61 Å². The summed E-state index contributed by atoms with van der Waals surface area (Å²) in [6, 6.07) is 8.16. The Hall–Kier alpha value is -1.82. The first-order chi connectivity index (χ1) is 11.1. The highest BCUT2D eigenvalue weighted by atomic mass is 32.2. The zero-order chi connectivity index (χ0) is 16.8. The van der Waals surface area contributed by atoms with Crippen molar-refractivity contribution in [3.63, 3.8) is 0 Å². The smallest absolute Gasteiger partial charge is 0.319 e. The molecular weight excluding hydrogens is 310 g/mol. The second kappa shape index (κ2) is 8.15. The van der Waals surface area contributed by atoms with E-state index in [-0.39, 0.29) is 11.2 Å². The van der Waals surface area contributed by atoms with Crippen LogP contribution >= 0.6 is 11.8 Å². The standard InChI is InChI=1S/C17H23N3O2S/c1-5-8-15(16(21)22-6-2)23-17-19-18-13(4)20(17)14-10-7-9-12(3)11-14/h7,9-11,15H,5-6,8H2,1-4H3/t15-/m0/s1. The van der Waals surface area contributed by atoms with Crippen LogP contribution in [0.3, 0.4) is 0 Å². The summed E-state index contributed by atoms with van der Waals surface area (Å²) in [5, 5.41) is 8.90. The van der Waals surface area contributed by atoms with Crippen molar-refractivity contribution >= 4 is 17.7 Å². The SMILES string of the molecule is CCC[C@H](Sc1nnc(C)n1-c1cccc(C)c1)C(=O)OCC. The van der Waals surface area contributed by atoms with Crippen molar-refractivity contribution in [1.29, 1.82) is 0 Å². The van der Waals surface area contributed by atoms with Gasteiger partial charge in [0.1, 0.15) is 11.1 Å². The Balaban J connectivity index is 2.31. The molecule has 1 atom stereocenters. The minimum absolute atomic E-state index is 0.184. The topological polar surface area (TPSA) is 57.0 Å². The lowest BCUT2D eigenvalue weighted by atomic mass is 10.2. The van der Waals surface area contributed by atoms with E-state index in [0.717, 1.165) is 29.5 Å². The molecule has 0 fully saturated rings. The minimum Gasteiger partial charge on any atom is -0.465 e. The van der Waals surface area contributed by atoms with E-state index in [4.69, 9.17) is 4.74 Å². The third-order valence-corrected chi connectivity index (χ3v) is 4.59. The van der Waals surface area contributed by atoms with Crippen LogP contribution in [0.4, 0.5) is 0 Å². The van der Waals surface area contributed by atoms with Crippen LogP contribution in [-0.4, -0.2) is 32.6 Å². The normalized spacial score (nSPS) is 12.2. The molecule has 0 saturated heterocycles. The van der Waals surface area contributed by atoms with E-state index in [1.807, 2.05) is 30.5 Å². The van der Waals surface area contributed by atoms with E-state index in [0.29, 0.717) is 6.61 Å². The van der Waals surface area contributed by atoms with Crippen LogP contribution in [0.25, 0.3) is 5.69 Å². The van der Waals surface area contributed by atoms with Gasteiger partial charge in [-0.2, -0.15) is 0 Å². The minimum atomic E-state index is -0.257. The predicted molar refractivity (Wildman–Crippen MR) is 92.0 cm³/mol. The van der Waals surface area contributed by atoms with Gasteiger partial charge in [-0.15, -0.1) is 10.2 Å². The molecule has 124 valence electrons. The van der Waals surface area contributed by atoms with Gasteiger partial charge >= 0.3 is 5.97 Å². The number of carbonyl (C=O) groups excluding carboxylic acids is 1. The average Bonchev–Trinajstić information content (AvgIpc) is 2.88. The van der Waals surface area contributed by atoms with Gasteiger partial charge in [-0.1, -0.05) is 37.2 Å². The molecule has 0 saturated carbocycles. The summed E-state index contributed by atoms with van der Waals surface area (Å²) in [5.41, 5.74) is 2.18. The third-order valence-electron chi connectivity index (χ3n) is 3.40. The van der Waals surface area contributed by atoms with Gasteiger partial charge in [0.2, 0.25) is 0 Å². The van der Waals surface area contributed by atoms with Gasteiger partial charge in [-0.25, -0.2) is 0 Å². The molecule has 0 unspecified atom stereocenters. The molecule has 1 heterocycles. The van der Waals surface area contributed by atoms with Gasteiger partial charge in [0, 0.05) is 5.69 Å². The maximum absolute atomic E-state index is 12.1. The first-order valence-corrected chi connectivity index (χ1v) is 8.77. The van der Waals surface area contributed by atoms with Gasteiger partial charge in [0.15, 0.2) is 5.16 Å². The van der Waals surface area contributed by atoms with E-state index < -0.39 is 0 Å². The van der Waals surface area contributed by atoms with Crippen molar-refractivity contribution in [2.45, 2.75) is 50.9 Å². The fourth-order valence-electron chi connectivity index (χ4n) is 2.33. The van der Waals surface area contributed by atoms with Crippen molar-refractivity contribution in [2.75, 3.05) is 6.61 Å². The number of benzene rings is 1. The number of aromatic nitrogens is 3. The first-order valence-electron chi connectivity index (χ1n) is 7.89. The van der Waals surface area contributed by atoms with Gasteiger partial charge in [-0.3, -0.25) is 9.36 Å². The molecular formula is C17H23N3O2S. The molecule has 0 aliphatic carbocycles. The number of ether oxygens (including phenoxy) is 1. The first kappa shape index (κ1) is 17.5. The quantitative estimate of drug-likeness (QED) is 0.571. The predicted octanol–water partition coefficient (Wildman–Crippen LogP) is 3.71. The average molecular weight is 333 g/mol. The number of aryl methyl sites for hydroxylation is 2. The molecule has 0 aliphatic heterocycles. The van der Waals surface area contributed by atoms with Crippen LogP contribution < -0.4 is 0 Å². The molecule has 2 rings (SSSR count). The van der Waals surface area contributed by atoms with E-state index >= 15 is 0 Å². The van der Waals surface area contributed by atoms with E-state index in [9.17, 15) is 4.79 Å². The van der Waals surface area contributed by atoms with Gasteiger partial charge in [-0.05, 0) is 44.9 Å². The number of hydrogen-bond acceptors (Lipinski definition) is 5. The Morgan fingerprint density at radius 2 is 2.09 bits per heavy atom. The zero-order valence-corrected chi connectivity index (χ0v) is 14.9. The zero-order valence-electron chi connectivity index (χ0n) is 14.1. The Morgan fingerprint density at radius 1 is 1.30 bits per heavy atom. The fourth-order valence-corrected chi connectivity index (χ4v) is 3.54. The van der Waals surface area contributed by atoms with Crippen molar-refractivity contribution < 1.29 is 9.53 Å². The third kappa shape index (κ3) is 4.34. The second-order valence-corrected chi connectivity index (χ2v) is 6.52. The summed E-state index contributed by atoms with van der Waals surface area (Å²) in [6.07, 6.45) is 1.66. The Morgan fingerprint density at radius 3 is 2.74 bits per heavy atom. The second-order valence-electron chi connectivity index (χ2n) is 5.35. The molecule has 0 bridgehead atoms. The molecule has 5 nitrogen and oxygen atoms in total. The number of carbonyl (C=O) groups is 1. The number of nitrogens with zero attached hydrogens (tertiary/aromatic N) is 3. The van der Waals surface area contributed by atoms with Crippen molar-refractivity contribution in [1.82, 2.24) is 14.8 Å². The maximum atomic E-state index is 12.1. The summed E-state index contributed by atoms with van der Waals surface area (Å²) < 4.78 is 7.17. The highest BCUT2D eigenvalue weighted by Crippen LogP contribution is 2.29. The highest BCUT2D eigenvalue weighted by Gasteiger charge is 2.24. The molecule has 0 N–H and O–H groups in total. The molecule has 0 radical (unpaired) electrons. The summed E-state index contributed by atoms with van der Waals surface area (Å²) in [4.78, 5) is 12.1. The summed E-state index contributed by atoms with van der Waals surface area (Å²) in [5.74, 6) is 0.619. The molecule has 6 heteroatoms. The van der Waals surface area contributed by atoms with Crippen LogP contribution in [-0.2, 0) is 9.53 Å². The molecule has 2 aromatic rings. The molecule has 0 spiro atoms. The Labute approximate surface area is 141 Å². The molecule has 1 aromatic carbocycles. The maximum Gasteiger partial charge on any atom is 0.319 e. The van der Waals surface area contributed by atoms with Crippen molar-refractivity contribution in [3.05, 3.63) is 35.7 Å². The molecule has 23 heavy (non-hydrogen) atoms. The summed E-state index contributed by atoms with van der Waals surface area (Å²) in [7, 11) is 0. The van der Waals surface area contributed by atoms with Gasteiger partial charge < -0.3 is 4.74 Å². The molecule has 0 aliphatic rings. The lowest BCUT2D eigenvalue weighted by molar-refractivity contribution is -0.142. The summed E-state index contributed by atoms with van der Waals surface area (Å²) >= 11 is 1.42. The van der Waals surface area contributed by atoms with Crippen LogP contribution in [0.5, 0.6) is 0 Å². The fraction of sp³-hybridized carbons (Fsp3) is 0.471.